The van der Waals surface area contributed by atoms with Gasteiger partial charge >= 0.3 is 5.97 Å². The van der Waals surface area contributed by atoms with Crippen molar-refractivity contribution in [3.05, 3.63) is 33.9 Å². The van der Waals surface area contributed by atoms with Crippen LogP contribution in [-0.2, 0) is 0 Å². The lowest BCUT2D eigenvalue weighted by atomic mass is 10.1. The maximum atomic E-state index is 14.8. The standard InChI is InChI=1S/C17H19FN4O3/c18-12-5-10-14(13(20)15(12)21-4-3-8(19)6-21)22(9-1-2-9)7-11(16(10)23)17(24)25/h5,7-9H,1-4,6,19-20H2,(H,24,25). The van der Waals surface area contributed by atoms with Crippen LogP contribution in [0.1, 0.15) is 35.7 Å². The Kier molecular flexibility index (Phi) is 3.47. The summed E-state index contributed by atoms with van der Waals surface area (Å²) in [6.45, 7) is 1.09. The van der Waals surface area contributed by atoms with Crippen LogP contribution in [0.4, 0.5) is 15.8 Å². The number of halogens is 1. The summed E-state index contributed by atoms with van der Waals surface area (Å²) in [6.07, 6.45) is 3.82. The fourth-order valence-electron chi connectivity index (χ4n) is 3.61. The lowest BCUT2D eigenvalue weighted by Crippen LogP contribution is -2.28. The Hall–Kier alpha value is -2.61. The van der Waals surface area contributed by atoms with Gasteiger partial charge in [-0.15, -0.1) is 0 Å². The van der Waals surface area contributed by atoms with Crippen LogP contribution in [0.3, 0.4) is 0 Å². The van der Waals surface area contributed by atoms with Crippen molar-refractivity contribution in [3.63, 3.8) is 0 Å². The number of rotatable bonds is 3. The number of hydrogen-bond donors (Lipinski definition) is 3. The number of nitrogens with two attached hydrogens (primary N) is 2. The van der Waals surface area contributed by atoms with Gasteiger partial charge in [0.05, 0.1) is 22.3 Å². The number of aromatic carboxylic acids is 1. The molecule has 1 aromatic heterocycles. The highest BCUT2D eigenvalue weighted by Crippen LogP contribution is 2.41. The zero-order chi connectivity index (χ0) is 17.9. The van der Waals surface area contributed by atoms with E-state index < -0.39 is 17.2 Å². The Bertz CT molecular complexity index is 951. The number of aromatic nitrogens is 1. The Labute approximate surface area is 142 Å². The van der Waals surface area contributed by atoms with E-state index >= 15 is 0 Å². The van der Waals surface area contributed by atoms with Crippen LogP contribution in [0.15, 0.2) is 17.1 Å². The number of nitrogen functional groups attached to an aromatic ring is 1. The predicted octanol–water partition coefficient (Wildman–Crippen LogP) is 1.29. The van der Waals surface area contributed by atoms with E-state index in [2.05, 4.69) is 0 Å². The topological polar surface area (TPSA) is 115 Å². The van der Waals surface area contributed by atoms with Crippen LogP contribution in [0, 0.1) is 5.82 Å². The minimum absolute atomic E-state index is 0.00838. The average molecular weight is 346 g/mol. The number of benzene rings is 1. The van der Waals surface area contributed by atoms with Crippen LogP contribution in [0.25, 0.3) is 10.9 Å². The van der Waals surface area contributed by atoms with E-state index in [-0.39, 0.29) is 34.4 Å². The second kappa shape index (κ2) is 5.45. The second-order valence-corrected chi connectivity index (χ2v) is 6.83. The second-order valence-electron chi connectivity index (χ2n) is 6.83. The van der Waals surface area contributed by atoms with Crippen molar-refractivity contribution in [1.82, 2.24) is 4.57 Å². The largest absolute Gasteiger partial charge is 0.477 e. The van der Waals surface area contributed by atoms with Gasteiger partial charge in [0.1, 0.15) is 11.4 Å². The van der Waals surface area contributed by atoms with E-state index in [1.54, 1.807) is 9.47 Å². The van der Waals surface area contributed by atoms with Gasteiger partial charge in [-0.25, -0.2) is 9.18 Å². The van der Waals surface area contributed by atoms with Gasteiger partial charge in [0.15, 0.2) is 0 Å². The Morgan fingerprint density at radius 3 is 2.60 bits per heavy atom. The highest BCUT2D eigenvalue weighted by molar-refractivity contribution is 6.00. The highest BCUT2D eigenvalue weighted by Gasteiger charge is 2.31. The Balaban J connectivity index is 2.03. The van der Waals surface area contributed by atoms with Gasteiger partial charge in [-0.3, -0.25) is 4.79 Å². The van der Waals surface area contributed by atoms with Crippen molar-refractivity contribution in [2.75, 3.05) is 23.7 Å². The van der Waals surface area contributed by atoms with E-state index in [1.165, 1.54) is 6.20 Å². The first-order chi connectivity index (χ1) is 11.9. The first kappa shape index (κ1) is 15.9. The summed E-state index contributed by atoms with van der Waals surface area (Å²) in [5.74, 6) is -1.95. The molecule has 0 radical (unpaired) electrons. The number of carbonyl (C=O) groups is 1. The molecular weight excluding hydrogens is 327 g/mol. The number of anilines is 2. The fraction of sp³-hybridized carbons (Fsp3) is 0.412. The third-order valence-corrected chi connectivity index (χ3v) is 4.99. The van der Waals surface area contributed by atoms with Gasteiger partial charge in [0.25, 0.3) is 0 Å². The molecule has 2 aliphatic rings. The molecule has 1 aliphatic heterocycles. The van der Waals surface area contributed by atoms with Crippen molar-refractivity contribution in [1.29, 1.82) is 0 Å². The van der Waals surface area contributed by atoms with E-state index in [4.69, 9.17) is 11.5 Å². The molecule has 132 valence electrons. The Morgan fingerprint density at radius 2 is 2.04 bits per heavy atom. The third kappa shape index (κ3) is 2.44. The van der Waals surface area contributed by atoms with Gasteiger partial charge in [-0.1, -0.05) is 0 Å². The van der Waals surface area contributed by atoms with Crippen LogP contribution in [0.2, 0.25) is 0 Å². The zero-order valence-electron chi connectivity index (χ0n) is 13.5. The average Bonchev–Trinajstić information content (AvgIpc) is 3.30. The van der Waals surface area contributed by atoms with Crippen LogP contribution in [0.5, 0.6) is 0 Å². The first-order valence-corrected chi connectivity index (χ1v) is 8.29. The maximum absolute atomic E-state index is 14.8. The number of pyridine rings is 1. The molecule has 2 aromatic rings. The molecule has 2 heterocycles. The van der Waals surface area contributed by atoms with Crippen molar-refractivity contribution < 1.29 is 14.3 Å². The summed E-state index contributed by atoms with van der Waals surface area (Å²) in [7, 11) is 0. The monoisotopic (exact) mass is 346 g/mol. The molecule has 1 saturated heterocycles. The molecule has 0 bridgehead atoms. The minimum Gasteiger partial charge on any atom is -0.477 e. The molecule has 4 rings (SSSR count). The van der Waals surface area contributed by atoms with Gasteiger partial charge in [-0.05, 0) is 25.3 Å². The molecule has 1 unspecified atom stereocenters. The molecule has 2 fully saturated rings. The third-order valence-electron chi connectivity index (χ3n) is 4.99. The summed E-state index contributed by atoms with van der Waals surface area (Å²) >= 11 is 0. The summed E-state index contributed by atoms with van der Waals surface area (Å²) in [5.41, 5.74) is 11.9. The lowest BCUT2D eigenvalue weighted by molar-refractivity contribution is 0.0695. The molecular formula is C17H19FN4O3. The first-order valence-electron chi connectivity index (χ1n) is 8.29. The van der Waals surface area contributed by atoms with Crippen molar-refractivity contribution in [3.8, 4) is 0 Å². The van der Waals surface area contributed by atoms with E-state index in [9.17, 15) is 19.1 Å². The normalized spacial score (nSPS) is 20.4. The van der Waals surface area contributed by atoms with Gasteiger partial charge < -0.3 is 26.0 Å². The molecule has 1 aromatic carbocycles. The molecule has 1 atom stereocenters. The van der Waals surface area contributed by atoms with Crippen LogP contribution >= 0.6 is 0 Å². The minimum atomic E-state index is -1.32. The molecule has 25 heavy (non-hydrogen) atoms. The molecule has 1 aliphatic carbocycles. The number of hydrogen-bond acceptors (Lipinski definition) is 5. The Morgan fingerprint density at radius 1 is 1.32 bits per heavy atom. The number of nitrogens with zero attached hydrogens (tertiary/aromatic N) is 2. The summed E-state index contributed by atoms with van der Waals surface area (Å²) < 4.78 is 16.5. The maximum Gasteiger partial charge on any atom is 0.341 e. The molecule has 5 N–H and O–H groups in total. The summed E-state index contributed by atoms with van der Waals surface area (Å²) in [5, 5.41) is 9.29. The van der Waals surface area contributed by atoms with Crippen LogP contribution < -0.4 is 21.8 Å². The molecule has 7 nitrogen and oxygen atoms in total. The predicted molar refractivity (Wildman–Crippen MR) is 92.6 cm³/mol. The highest BCUT2D eigenvalue weighted by atomic mass is 19.1. The van der Waals surface area contributed by atoms with Crippen molar-refractivity contribution >= 4 is 28.2 Å². The molecule has 0 spiro atoms. The van der Waals surface area contributed by atoms with E-state index in [0.717, 1.165) is 25.3 Å². The number of fused-ring (bicyclic) bond motifs is 1. The van der Waals surface area contributed by atoms with Gasteiger partial charge in [-0.2, -0.15) is 0 Å². The van der Waals surface area contributed by atoms with Gasteiger partial charge in [0.2, 0.25) is 5.43 Å². The molecule has 1 saturated carbocycles. The summed E-state index contributed by atoms with van der Waals surface area (Å²) in [6, 6.07) is 1.15. The summed E-state index contributed by atoms with van der Waals surface area (Å²) in [4.78, 5) is 25.7. The molecule has 0 amide bonds. The van der Waals surface area contributed by atoms with Crippen molar-refractivity contribution in [2.45, 2.75) is 31.3 Å². The fourth-order valence-corrected chi connectivity index (χ4v) is 3.61. The van der Waals surface area contributed by atoms with E-state index in [1.807, 2.05) is 0 Å². The SMILES string of the molecule is Nc1c(N2CCC(N)C2)c(F)cc2c(=O)c(C(=O)O)cn(C3CC3)c12. The van der Waals surface area contributed by atoms with Crippen LogP contribution in [-0.4, -0.2) is 34.8 Å². The smallest absolute Gasteiger partial charge is 0.341 e. The number of carboxylic acids is 1. The quantitative estimate of drug-likeness (QED) is 0.722. The molecule has 8 heteroatoms. The lowest BCUT2D eigenvalue weighted by Gasteiger charge is -2.23. The number of carboxylic acid groups (broad SMARTS) is 1. The van der Waals surface area contributed by atoms with Gasteiger partial charge in [0, 0.05) is 31.4 Å². The van der Waals surface area contributed by atoms with E-state index in [0.29, 0.717) is 18.6 Å². The zero-order valence-corrected chi connectivity index (χ0v) is 13.5. The van der Waals surface area contributed by atoms with Crippen molar-refractivity contribution in [2.24, 2.45) is 5.73 Å².